The van der Waals surface area contributed by atoms with Crippen molar-refractivity contribution in [2.45, 2.75) is 0 Å². The van der Waals surface area contributed by atoms with E-state index in [4.69, 9.17) is 0 Å². The minimum atomic E-state index is 0.707. The second-order valence-electron chi connectivity index (χ2n) is 7.07. The van der Waals surface area contributed by atoms with Crippen molar-refractivity contribution in [2.75, 3.05) is 55.0 Å². The van der Waals surface area contributed by atoms with Gasteiger partial charge in [-0.3, -0.25) is 0 Å². The molecule has 1 aliphatic rings. The summed E-state index contributed by atoms with van der Waals surface area (Å²) in [4.78, 5) is 31.6. The number of fused-ring (bicyclic) bond motifs is 2. The number of imidazole rings is 1. The first-order chi connectivity index (χ1) is 13.7. The minimum Gasteiger partial charge on any atom is -0.368 e. The number of nitrogens with one attached hydrogen (secondary N) is 1. The molecule has 0 aliphatic carbocycles. The van der Waals surface area contributed by atoms with Gasteiger partial charge in [-0.15, -0.1) is 0 Å². The molecule has 9 heteroatoms. The SMILES string of the molecule is CN(C)c1ncnc2ccc(N3CCN(c4ncnc5nc[nH]c45)CC3)cc12. The first-order valence-corrected chi connectivity index (χ1v) is 9.27. The molecule has 4 aromatic rings. The van der Waals surface area contributed by atoms with E-state index in [0.717, 1.165) is 54.2 Å². The molecule has 28 heavy (non-hydrogen) atoms. The average Bonchev–Trinajstić information content (AvgIpc) is 3.22. The Hall–Kier alpha value is -3.49. The Morgan fingerprint density at radius 1 is 0.893 bits per heavy atom. The van der Waals surface area contributed by atoms with Crippen LogP contribution in [0.5, 0.6) is 0 Å². The van der Waals surface area contributed by atoms with E-state index in [1.54, 1.807) is 19.0 Å². The maximum atomic E-state index is 4.48. The molecule has 0 unspecified atom stereocenters. The lowest BCUT2D eigenvalue weighted by Gasteiger charge is -2.36. The van der Waals surface area contributed by atoms with E-state index in [2.05, 4.69) is 57.9 Å². The Balaban J connectivity index is 1.40. The molecule has 0 spiro atoms. The molecule has 0 saturated carbocycles. The smallest absolute Gasteiger partial charge is 0.182 e. The Bertz CT molecular complexity index is 1130. The molecule has 1 aliphatic heterocycles. The number of piperazine rings is 1. The number of H-pyrrole nitrogens is 1. The maximum Gasteiger partial charge on any atom is 0.182 e. The third-order valence-corrected chi connectivity index (χ3v) is 5.17. The molecule has 0 amide bonds. The van der Waals surface area contributed by atoms with Crippen molar-refractivity contribution in [3.8, 4) is 0 Å². The van der Waals surface area contributed by atoms with Gasteiger partial charge in [0.1, 0.15) is 24.0 Å². The second-order valence-corrected chi connectivity index (χ2v) is 7.07. The third kappa shape index (κ3) is 2.75. The number of aromatic nitrogens is 6. The highest BCUT2D eigenvalue weighted by atomic mass is 15.3. The lowest BCUT2D eigenvalue weighted by atomic mass is 10.1. The lowest BCUT2D eigenvalue weighted by Crippen LogP contribution is -2.47. The molecule has 1 N–H and O–H groups in total. The summed E-state index contributed by atoms with van der Waals surface area (Å²) in [6.45, 7) is 3.59. The van der Waals surface area contributed by atoms with Crippen molar-refractivity contribution in [3.05, 3.63) is 37.2 Å². The third-order valence-electron chi connectivity index (χ3n) is 5.17. The molecular weight excluding hydrogens is 354 g/mol. The predicted molar refractivity (Wildman–Crippen MR) is 110 cm³/mol. The number of aromatic amines is 1. The lowest BCUT2D eigenvalue weighted by molar-refractivity contribution is 0.648. The van der Waals surface area contributed by atoms with Crippen LogP contribution in [0.25, 0.3) is 22.1 Å². The summed E-state index contributed by atoms with van der Waals surface area (Å²) in [7, 11) is 4.01. The standard InChI is InChI=1S/C19H21N9/c1-26(2)18-14-9-13(3-4-15(14)20-10-24-18)27-5-7-28(8-6-27)19-16-17(22-11-21-16)23-12-25-19/h3-4,9-12H,5-8H2,1-2H3,(H,21,22,23,25). The van der Waals surface area contributed by atoms with Crippen LogP contribution < -0.4 is 14.7 Å². The highest BCUT2D eigenvalue weighted by molar-refractivity contribution is 5.92. The van der Waals surface area contributed by atoms with Crippen molar-refractivity contribution < 1.29 is 0 Å². The van der Waals surface area contributed by atoms with E-state index in [9.17, 15) is 0 Å². The van der Waals surface area contributed by atoms with Crippen LogP contribution in [0.15, 0.2) is 37.2 Å². The molecule has 0 bridgehead atoms. The molecule has 1 aromatic carbocycles. The summed E-state index contributed by atoms with van der Waals surface area (Å²) in [5.41, 5.74) is 3.76. The van der Waals surface area contributed by atoms with Gasteiger partial charge in [0.15, 0.2) is 11.5 Å². The summed E-state index contributed by atoms with van der Waals surface area (Å²) in [5.74, 6) is 1.86. The fourth-order valence-electron chi connectivity index (χ4n) is 3.75. The van der Waals surface area contributed by atoms with Crippen LogP contribution in [-0.4, -0.2) is 70.2 Å². The largest absolute Gasteiger partial charge is 0.368 e. The van der Waals surface area contributed by atoms with Gasteiger partial charge in [0, 0.05) is 51.3 Å². The van der Waals surface area contributed by atoms with Crippen molar-refractivity contribution in [3.63, 3.8) is 0 Å². The Morgan fingerprint density at radius 2 is 1.68 bits per heavy atom. The first-order valence-electron chi connectivity index (χ1n) is 9.27. The van der Waals surface area contributed by atoms with Crippen LogP contribution in [0.3, 0.4) is 0 Å². The van der Waals surface area contributed by atoms with Crippen LogP contribution in [0.1, 0.15) is 0 Å². The van der Waals surface area contributed by atoms with Gasteiger partial charge in [0.2, 0.25) is 0 Å². The van der Waals surface area contributed by atoms with Crippen LogP contribution in [0.2, 0.25) is 0 Å². The maximum absolute atomic E-state index is 4.48. The van der Waals surface area contributed by atoms with Gasteiger partial charge in [-0.05, 0) is 18.2 Å². The quantitative estimate of drug-likeness (QED) is 0.579. The van der Waals surface area contributed by atoms with E-state index in [0.29, 0.717) is 5.65 Å². The molecule has 9 nitrogen and oxygen atoms in total. The summed E-state index contributed by atoms with van der Waals surface area (Å²) in [6.07, 6.45) is 4.86. The van der Waals surface area contributed by atoms with Gasteiger partial charge in [-0.25, -0.2) is 24.9 Å². The summed E-state index contributed by atoms with van der Waals surface area (Å²) < 4.78 is 0. The number of hydrogen-bond acceptors (Lipinski definition) is 8. The summed E-state index contributed by atoms with van der Waals surface area (Å²) >= 11 is 0. The predicted octanol–water partition coefficient (Wildman–Crippen LogP) is 1.69. The summed E-state index contributed by atoms with van der Waals surface area (Å²) in [6, 6.07) is 6.41. The number of anilines is 3. The van der Waals surface area contributed by atoms with Crippen LogP contribution in [0.4, 0.5) is 17.3 Å². The van der Waals surface area contributed by atoms with Gasteiger partial charge in [0.05, 0.1) is 11.8 Å². The van der Waals surface area contributed by atoms with Crippen LogP contribution in [-0.2, 0) is 0 Å². The highest BCUT2D eigenvalue weighted by Gasteiger charge is 2.21. The Morgan fingerprint density at radius 3 is 2.50 bits per heavy atom. The minimum absolute atomic E-state index is 0.707. The fourth-order valence-corrected chi connectivity index (χ4v) is 3.75. The van der Waals surface area contributed by atoms with Crippen molar-refractivity contribution in [2.24, 2.45) is 0 Å². The Labute approximate surface area is 162 Å². The van der Waals surface area contributed by atoms with Gasteiger partial charge in [0.25, 0.3) is 0 Å². The molecule has 1 fully saturated rings. The molecule has 0 atom stereocenters. The van der Waals surface area contributed by atoms with Gasteiger partial charge in [-0.2, -0.15) is 0 Å². The van der Waals surface area contributed by atoms with Gasteiger partial charge < -0.3 is 19.7 Å². The number of rotatable bonds is 3. The normalized spacial score (nSPS) is 14.8. The van der Waals surface area contributed by atoms with E-state index < -0.39 is 0 Å². The van der Waals surface area contributed by atoms with Gasteiger partial charge in [-0.1, -0.05) is 0 Å². The van der Waals surface area contributed by atoms with E-state index in [-0.39, 0.29) is 0 Å². The molecule has 142 valence electrons. The number of benzene rings is 1. The Kier molecular flexibility index (Phi) is 3.92. The number of nitrogens with zero attached hydrogens (tertiary/aromatic N) is 8. The molecule has 0 radical (unpaired) electrons. The molecule has 3 aromatic heterocycles. The molecule has 5 rings (SSSR count). The van der Waals surface area contributed by atoms with Crippen molar-refractivity contribution >= 4 is 39.4 Å². The second kappa shape index (κ2) is 6.59. The van der Waals surface area contributed by atoms with E-state index in [1.165, 1.54) is 5.69 Å². The summed E-state index contributed by atoms with van der Waals surface area (Å²) in [5, 5.41) is 1.07. The van der Waals surface area contributed by atoms with E-state index in [1.807, 2.05) is 19.0 Å². The topological polar surface area (TPSA) is 90.0 Å². The number of hydrogen-bond donors (Lipinski definition) is 1. The molecular formula is C19H21N9. The highest BCUT2D eigenvalue weighted by Crippen LogP contribution is 2.28. The molecule has 1 saturated heterocycles. The van der Waals surface area contributed by atoms with Crippen molar-refractivity contribution in [1.82, 2.24) is 29.9 Å². The average molecular weight is 375 g/mol. The van der Waals surface area contributed by atoms with Gasteiger partial charge >= 0.3 is 0 Å². The monoisotopic (exact) mass is 375 g/mol. The zero-order chi connectivity index (χ0) is 19.1. The van der Waals surface area contributed by atoms with E-state index >= 15 is 0 Å². The first kappa shape index (κ1) is 16.7. The molecule has 4 heterocycles. The fraction of sp³-hybridized carbons (Fsp3) is 0.316. The van der Waals surface area contributed by atoms with Crippen LogP contribution >= 0.6 is 0 Å². The van der Waals surface area contributed by atoms with Crippen LogP contribution in [0, 0.1) is 0 Å². The zero-order valence-electron chi connectivity index (χ0n) is 15.9. The zero-order valence-corrected chi connectivity index (χ0v) is 15.9. The van der Waals surface area contributed by atoms with Crippen molar-refractivity contribution in [1.29, 1.82) is 0 Å².